The van der Waals surface area contributed by atoms with Crippen molar-refractivity contribution >= 4 is 21.8 Å². The molecule has 0 spiro atoms. The molecule has 1 aliphatic heterocycles. The first kappa shape index (κ1) is 27.3. The first-order valence-corrected chi connectivity index (χ1v) is 17.9. The zero-order valence-corrected chi connectivity index (χ0v) is 27.9. The SMILES string of the molecule is CCc1cc2cc(c1)-c1ccc3c4c1Cc1c-4c(cc4c5ccccc5n(c14)-c1cc(CC)cc(c1)-c1cccc(c1)-c1cccc-2c1)C3. The minimum Gasteiger partial charge on any atom is -0.309 e. The molecule has 0 radical (unpaired) electrons. The summed E-state index contributed by atoms with van der Waals surface area (Å²) in [5.74, 6) is 0. The lowest BCUT2D eigenvalue weighted by atomic mass is 9.89. The van der Waals surface area contributed by atoms with Crippen LogP contribution in [0.3, 0.4) is 0 Å². The summed E-state index contributed by atoms with van der Waals surface area (Å²) < 4.78 is 2.60. The number of hydrogen-bond donors (Lipinski definition) is 0. The third kappa shape index (κ3) is 3.82. The second-order valence-corrected chi connectivity index (χ2v) is 14.3. The molecular weight excluding hydrogens is 591 g/mol. The molecular formula is C48H35N. The Labute approximate surface area is 287 Å². The molecule has 0 unspecified atom stereocenters. The minimum atomic E-state index is 0.956. The molecule has 232 valence electrons. The number of hydrogen-bond acceptors (Lipinski definition) is 0. The minimum absolute atomic E-state index is 0.956. The summed E-state index contributed by atoms with van der Waals surface area (Å²) in [5, 5.41) is 2.72. The van der Waals surface area contributed by atoms with Gasteiger partial charge in [0.25, 0.3) is 0 Å². The van der Waals surface area contributed by atoms with Crippen LogP contribution in [0.25, 0.3) is 83.1 Å². The first-order chi connectivity index (χ1) is 24.1. The van der Waals surface area contributed by atoms with Gasteiger partial charge in [-0.05, 0) is 151 Å². The van der Waals surface area contributed by atoms with E-state index in [1.165, 1.54) is 117 Å². The molecule has 1 heteroatoms. The topological polar surface area (TPSA) is 4.93 Å². The van der Waals surface area contributed by atoms with E-state index in [-0.39, 0.29) is 0 Å². The van der Waals surface area contributed by atoms with E-state index >= 15 is 0 Å². The van der Waals surface area contributed by atoms with Crippen molar-refractivity contribution in [2.45, 2.75) is 39.5 Å². The normalized spacial score (nSPS) is 13.1. The molecule has 0 atom stereocenters. The molecule has 2 heterocycles. The molecule has 0 N–H and O–H groups in total. The van der Waals surface area contributed by atoms with Crippen LogP contribution in [-0.2, 0) is 25.7 Å². The van der Waals surface area contributed by atoms with Gasteiger partial charge >= 0.3 is 0 Å². The predicted octanol–water partition coefficient (Wildman–Crippen LogP) is 12.4. The van der Waals surface area contributed by atoms with Gasteiger partial charge in [0.05, 0.1) is 11.0 Å². The lowest BCUT2D eigenvalue weighted by Gasteiger charge is -2.17. The van der Waals surface area contributed by atoms with E-state index in [1.807, 2.05) is 0 Å². The Kier molecular flexibility index (Phi) is 5.54. The molecule has 0 saturated heterocycles. The highest BCUT2D eigenvalue weighted by atomic mass is 15.0. The fraction of sp³-hybridized carbons (Fsp3) is 0.125. The van der Waals surface area contributed by atoms with Crippen molar-refractivity contribution in [1.29, 1.82) is 0 Å². The largest absolute Gasteiger partial charge is 0.309 e. The smallest absolute Gasteiger partial charge is 0.0582 e. The number of aryl methyl sites for hydroxylation is 2. The van der Waals surface area contributed by atoms with Crippen molar-refractivity contribution in [3.8, 4) is 61.3 Å². The lowest BCUT2D eigenvalue weighted by Crippen LogP contribution is -2.00. The van der Waals surface area contributed by atoms with Gasteiger partial charge in [0.1, 0.15) is 0 Å². The molecule has 3 aliphatic rings. The Morgan fingerprint density at radius 3 is 1.86 bits per heavy atom. The second kappa shape index (κ2) is 9.94. The first-order valence-electron chi connectivity index (χ1n) is 17.9. The molecule has 8 aromatic rings. The summed E-state index contributed by atoms with van der Waals surface area (Å²) >= 11 is 0. The number of fused-ring (bicyclic) bond motifs is 16. The summed E-state index contributed by atoms with van der Waals surface area (Å²) in [6, 6.07) is 49.3. The Balaban J connectivity index is 1.30. The number of nitrogens with zero attached hydrogens (tertiary/aromatic N) is 1. The maximum Gasteiger partial charge on any atom is 0.0582 e. The van der Waals surface area contributed by atoms with Gasteiger partial charge in [0.2, 0.25) is 0 Å². The van der Waals surface area contributed by atoms with Crippen LogP contribution in [0.15, 0.2) is 127 Å². The standard InChI is InChI=1S/C48H35N/c1-3-28-17-35-24-37(19-28)40-16-15-34-23-38-26-43-41-13-5-6-14-45(41)49(48(43)44-27-42(40)46(34)47(38)44)39-20-29(4-2)18-36(25-39)33-12-8-10-31(22-33)30-9-7-11-32(35)21-30/h5-22,24-26H,3-4,23,27H2,1-2H3. The van der Waals surface area contributed by atoms with Gasteiger partial charge in [-0.3, -0.25) is 0 Å². The average Bonchev–Trinajstić information content (AvgIpc) is 3.84. The molecule has 0 fully saturated rings. The molecule has 11 rings (SSSR count). The van der Waals surface area contributed by atoms with E-state index < -0.39 is 0 Å². The zero-order chi connectivity index (χ0) is 32.4. The van der Waals surface area contributed by atoms with Gasteiger partial charge in [0, 0.05) is 22.9 Å². The molecule has 49 heavy (non-hydrogen) atoms. The molecule has 0 amide bonds. The van der Waals surface area contributed by atoms with Crippen molar-refractivity contribution in [1.82, 2.24) is 4.57 Å². The van der Waals surface area contributed by atoms with E-state index in [4.69, 9.17) is 0 Å². The highest BCUT2D eigenvalue weighted by Gasteiger charge is 2.35. The van der Waals surface area contributed by atoms with Gasteiger partial charge in [-0.15, -0.1) is 0 Å². The Morgan fingerprint density at radius 1 is 0.469 bits per heavy atom. The van der Waals surface area contributed by atoms with Crippen LogP contribution in [0, 0.1) is 0 Å². The van der Waals surface area contributed by atoms with Gasteiger partial charge in [-0.25, -0.2) is 0 Å². The van der Waals surface area contributed by atoms with Crippen molar-refractivity contribution in [2.24, 2.45) is 0 Å². The van der Waals surface area contributed by atoms with Gasteiger partial charge in [-0.2, -0.15) is 0 Å². The average molecular weight is 626 g/mol. The molecule has 10 bridgehead atoms. The number of benzene rings is 7. The summed E-state index contributed by atoms with van der Waals surface area (Å²) in [6.45, 7) is 4.56. The second-order valence-electron chi connectivity index (χ2n) is 14.3. The zero-order valence-electron chi connectivity index (χ0n) is 27.9. The Hall–Kier alpha value is -5.66. The summed E-state index contributed by atoms with van der Waals surface area (Å²) in [6.07, 6.45) is 3.96. The van der Waals surface area contributed by atoms with Crippen LogP contribution < -0.4 is 0 Å². The summed E-state index contributed by atoms with van der Waals surface area (Å²) in [7, 11) is 0. The van der Waals surface area contributed by atoms with Crippen LogP contribution >= 0.6 is 0 Å². The van der Waals surface area contributed by atoms with Crippen LogP contribution in [0.1, 0.15) is 47.2 Å². The van der Waals surface area contributed by atoms with E-state index in [9.17, 15) is 0 Å². The van der Waals surface area contributed by atoms with Gasteiger partial charge < -0.3 is 4.57 Å². The number of rotatable bonds is 2. The van der Waals surface area contributed by atoms with Crippen LogP contribution in [-0.4, -0.2) is 4.57 Å². The maximum atomic E-state index is 2.60. The van der Waals surface area contributed by atoms with E-state index in [1.54, 1.807) is 0 Å². The third-order valence-corrected chi connectivity index (χ3v) is 11.6. The van der Waals surface area contributed by atoms with Crippen LogP contribution in [0.4, 0.5) is 0 Å². The van der Waals surface area contributed by atoms with E-state index in [0.717, 1.165) is 25.7 Å². The molecule has 2 aliphatic carbocycles. The van der Waals surface area contributed by atoms with Crippen molar-refractivity contribution in [3.63, 3.8) is 0 Å². The molecule has 1 nitrogen and oxygen atoms in total. The Bertz CT molecular complexity index is 2730. The van der Waals surface area contributed by atoms with Crippen molar-refractivity contribution in [2.75, 3.05) is 0 Å². The fourth-order valence-electron chi connectivity index (χ4n) is 9.30. The summed E-state index contributed by atoms with van der Waals surface area (Å²) in [5.41, 5.74) is 25.9. The van der Waals surface area contributed by atoms with Crippen molar-refractivity contribution in [3.05, 3.63) is 161 Å². The predicted molar refractivity (Wildman–Crippen MR) is 206 cm³/mol. The monoisotopic (exact) mass is 625 g/mol. The number of para-hydroxylation sites is 1. The molecule has 7 aromatic carbocycles. The fourth-order valence-corrected chi connectivity index (χ4v) is 9.30. The van der Waals surface area contributed by atoms with E-state index in [0.29, 0.717) is 0 Å². The van der Waals surface area contributed by atoms with Crippen molar-refractivity contribution < 1.29 is 0 Å². The highest BCUT2D eigenvalue weighted by molar-refractivity contribution is 6.14. The molecule has 1 aromatic heterocycles. The quantitative estimate of drug-likeness (QED) is 0.180. The number of aromatic nitrogens is 1. The maximum absolute atomic E-state index is 2.60. The van der Waals surface area contributed by atoms with E-state index in [2.05, 4.69) is 146 Å². The third-order valence-electron chi connectivity index (χ3n) is 11.6. The summed E-state index contributed by atoms with van der Waals surface area (Å²) in [4.78, 5) is 0. The van der Waals surface area contributed by atoms with Crippen LogP contribution in [0.5, 0.6) is 0 Å². The van der Waals surface area contributed by atoms with Crippen LogP contribution in [0.2, 0.25) is 0 Å². The highest BCUT2D eigenvalue weighted by Crippen LogP contribution is 2.54. The van der Waals surface area contributed by atoms with Gasteiger partial charge in [0.15, 0.2) is 0 Å². The lowest BCUT2D eigenvalue weighted by molar-refractivity contribution is 1.10. The Morgan fingerprint density at radius 2 is 1.10 bits per heavy atom. The van der Waals surface area contributed by atoms with Gasteiger partial charge in [-0.1, -0.05) is 98.8 Å². The molecule has 0 saturated carbocycles.